The van der Waals surface area contributed by atoms with Crippen LogP contribution >= 0.6 is 0 Å². The number of ether oxygens (including phenoxy) is 1. The summed E-state index contributed by atoms with van der Waals surface area (Å²) >= 11 is 0. The van der Waals surface area contributed by atoms with E-state index in [0.717, 1.165) is 19.4 Å². The summed E-state index contributed by atoms with van der Waals surface area (Å²) in [5.74, 6) is -4.52. The summed E-state index contributed by atoms with van der Waals surface area (Å²) in [4.78, 5) is 12.7. The Hall–Kier alpha value is -1.53. The number of hydrogen-bond acceptors (Lipinski definition) is 4. The van der Waals surface area contributed by atoms with E-state index in [1.165, 1.54) is 0 Å². The van der Waals surface area contributed by atoms with E-state index in [-0.39, 0.29) is 25.5 Å². The fraction of sp³-hybridized carbons (Fsp3) is 0.611. The first-order valence-electron chi connectivity index (χ1n) is 8.48. The van der Waals surface area contributed by atoms with Crippen LogP contribution in [-0.4, -0.2) is 36.2 Å². The molecule has 0 unspecified atom stereocenters. The zero-order valence-corrected chi connectivity index (χ0v) is 13.5. The molecule has 1 aromatic rings. The third-order valence-corrected chi connectivity index (χ3v) is 5.10. The molecule has 132 valence electrons. The van der Waals surface area contributed by atoms with Gasteiger partial charge in [0, 0.05) is 24.8 Å². The Morgan fingerprint density at radius 2 is 2.08 bits per heavy atom. The Morgan fingerprint density at radius 1 is 1.33 bits per heavy atom. The highest BCUT2D eigenvalue weighted by molar-refractivity contribution is 5.81. The number of hydrogen-bond donors (Lipinski definition) is 2. The molecule has 0 spiro atoms. The van der Waals surface area contributed by atoms with E-state index in [1.807, 2.05) is 0 Å². The van der Waals surface area contributed by atoms with Crippen molar-refractivity contribution in [1.29, 1.82) is 0 Å². The molecule has 0 bridgehead atoms. The number of carbonyl (C=O) groups is 1. The van der Waals surface area contributed by atoms with E-state index in [2.05, 4.69) is 5.32 Å². The molecule has 1 aliphatic carbocycles. The van der Waals surface area contributed by atoms with Crippen LogP contribution in [0.4, 0.5) is 8.78 Å². The lowest BCUT2D eigenvalue weighted by Crippen LogP contribution is -2.45. The van der Waals surface area contributed by atoms with Crippen LogP contribution in [0.25, 0.3) is 0 Å². The molecular formula is C18H23F2NO3. The van der Waals surface area contributed by atoms with Gasteiger partial charge in [-0.2, -0.15) is 0 Å². The lowest BCUT2D eigenvalue weighted by Gasteiger charge is -2.32. The SMILES string of the molecule is O=C(OC[C@H]1CCCN1)[C@](O)(c1ccccc1)[C@@H]1CCC(F)(F)C1. The Morgan fingerprint density at radius 3 is 2.67 bits per heavy atom. The van der Waals surface area contributed by atoms with Crippen molar-refractivity contribution < 1.29 is 23.4 Å². The van der Waals surface area contributed by atoms with Gasteiger partial charge in [0.2, 0.25) is 5.92 Å². The standard InChI is InChI=1S/C18H23F2NO3/c19-17(20)9-8-14(11-17)18(23,13-5-2-1-3-6-13)16(22)24-12-15-7-4-10-21-15/h1-3,5-6,14-15,21,23H,4,7-12H2/t14-,15-,18+/m1/s1. The van der Waals surface area contributed by atoms with E-state index in [1.54, 1.807) is 30.3 Å². The molecule has 2 fully saturated rings. The molecule has 1 aliphatic heterocycles. The van der Waals surface area contributed by atoms with Gasteiger partial charge in [-0.25, -0.2) is 13.6 Å². The van der Waals surface area contributed by atoms with Gasteiger partial charge in [-0.3, -0.25) is 0 Å². The summed E-state index contributed by atoms with van der Waals surface area (Å²) in [5, 5.41) is 14.3. The maximum Gasteiger partial charge on any atom is 0.343 e. The number of aliphatic hydroxyl groups is 1. The predicted octanol–water partition coefficient (Wildman–Crippen LogP) is 2.60. The lowest BCUT2D eigenvalue weighted by atomic mass is 9.80. The average Bonchev–Trinajstić information content (AvgIpc) is 3.22. The van der Waals surface area contributed by atoms with Gasteiger partial charge in [0.15, 0.2) is 5.60 Å². The number of nitrogens with one attached hydrogen (secondary N) is 1. The third kappa shape index (κ3) is 3.44. The molecule has 24 heavy (non-hydrogen) atoms. The van der Waals surface area contributed by atoms with Crippen molar-refractivity contribution >= 4 is 5.97 Å². The first-order chi connectivity index (χ1) is 11.4. The minimum atomic E-state index is -2.85. The van der Waals surface area contributed by atoms with Gasteiger partial charge in [0.1, 0.15) is 6.61 Å². The van der Waals surface area contributed by atoms with Gasteiger partial charge in [0.25, 0.3) is 0 Å². The van der Waals surface area contributed by atoms with E-state index < -0.39 is 29.8 Å². The van der Waals surface area contributed by atoms with Crippen LogP contribution in [0.1, 0.15) is 37.7 Å². The van der Waals surface area contributed by atoms with Gasteiger partial charge in [-0.15, -0.1) is 0 Å². The molecule has 4 nitrogen and oxygen atoms in total. The van der Waals surface area contributed by atoms with Crippen LogP contribution < -0.4 is 5.32 Å². The number of benzene rings is 1. The van der Waals surface area contributed by atoms with Crippen LogP contribution in [-0.2, 0) is 15.1 Å². The van der Waals surface area contributed by atoms with Gasteiger partial charge in [0.05, 0.1) is 0 Å². The lowest BCUT2D eigenvalue weighted by molar-refractivity contribution is -0.175. The fourth-order valence-electron chi connectivity index (χ4n) is 3.70. The van der Waals surface area contributed by atoms with Crippen molar-refractivity contribution in [2.45, 2.75) is 49.7 Å². The first-order valence-corrected chi connectivity index (χ1v) is 8.48. The van der Waals surface area contributed by atoms with Crippen molar-refractivity contribution in [2.75, 3.05) is 13.2 Å². The van der Waals surface area contributed by atoms with Gasteiger partial charge >= 0.3 is 5.97 Å². The summed E-state index contributed by atoms with van der Waals surface area (Å²) in [7, 11) is 0. The normalized spacial score (nSPS) is 28.5. The smallest absolute Gasteiger partial charge is 0.343 e. The molecule has 3 atom stereocenters. The average molecular weight is 339 g/mol. The van der Waals surface area contributed by atoms with Crippen molar-refractivity contribution in [2.24, 2.45) is 5.92 Å². The Balaban J connectivity index is 1.80. The Bertz CT molecular complexity index is 575. The molecule has 2 N–H and O–H groups in total. The summed E-state index contributed by atoms with van der Waals surface area (Å²) in [6.45, 7) is 1.02. The highest BCUT2D eigenvalue weighted by Crippen LogP contribution is 2.47. The van der Waals surface area contributed by atoms with Crippen LogP contribution in [0.2, 0.25) is 0 Å². The fourth-order valence-corrected chi connectivity index (χ4v) is 3.70. The highest BCUT2D eigenvalue weighted by Gasteiger charge is 2.54. The van der Waals surface area contributed by atoms with Gasteiger partial charge < -0.3 is 15.2 Å². The quantitative estimate of drug-likeness (QED) is 0.810. The minimum absolute atomic E-state index is 0.0685. The number of alkyl halides is 2. The molecule has 1 saturated heterocycles. The molecule has 2 aliphatic rings. The molecule has 0 amide bonds. The Labute approximate surface area is 140 Å². The first kappa shape index (κ1) is 17.3. The maximum atomic E-state index is 13.7. The Kier molecular flexibility index (Phi) is 4.88. The third-order valence-electron chi connectivity index (χ3n) is 5.10. The molecule has 0 aromatic heterocycles. The number of carbonyl (C=O) groups excluding carboxylic acids is 1. The van der Waals surface area contributed by atoms with Crippen LogP contribution in [0, 0.1) is 5.92 Å². The number of rotatable bonds is 5. The van der Waals surface area contributed by atoms with E-state index in [9.17, 15) is 18.7 Å². The topological polar surface area (TPSA) is 58.6 Å². The van der Waals surface area contributed by atoms with Crippen LogP contribution in [0.5, 0.6) is 0 Å². The number of esters is 1. The predicted molar refractivity (Wildman–Crippen MR) is 84.6 cm³/mol. The van der Waals surface area contributed by atoms with Gasteiger partial charge in [-0.1, -0.05) is 30.3 Å². The minimum Gasteiger partial charge on any atom is -0.462 e. The molecular weight excluding hydrogens is 316 g/mol. The molecule has 1 saturated carbocycles. The monoisotopic (exact) mass is 339 g/mol. The second kappa shape index (κ2) is 6.76. The van der Waals surface area contributed by atoms with Gasteiger partial charge in [-0.05, 0) is 31.4 Å². The zero-order chi connectivity index (χ0) is 17.2. The second-order valence-corrected chi connectivity index (χ2v) is 6.82. The summed E-state index contributed by atoms with van der Waals surface area (Å²) in [6.07, 6.45) is 1.19. The second-order valence-electron chi connectivity index (χ2n) is 6.82. The summed E-state index contributed by atoms with van der Waals surface area (Å²) in [5.41, 5.74) is -1.71. The van der Waals surface area contributed by atoms with E-state index >= 15 is 0 Å². The maximum absolute atomic E-state index is 13.7. The molecule has 6 heteroatoms. The van der Waals surface area contributed by atoms with Crippen molar-refractivity contribution in [1.82, 2.24) is 5.32 Å². The highest BCUT2D eigenvalue weighted by atomic mass is 19.3. The van der Waals surface area contributed by atoms with Crippen molar-refractivity contribution in [3.05, 3.63) is 35.9 Å². The summed E-state index contributed by atoms with van der Waals surface area (Å²) in [6, 6.07) is 8.36. The van der Waals surface area contributed by atoms with Crippen molar-refractivity contribution in [3.8, 4) is 0 Å². The summed E-state index contributed by atoms with van der Waals surface area (Å²) < 4.78 is 32.7. The molecule has 3 rings (SSSR count). The van der Waals surface area contributed by atoms with Crippen LogP contribution in [0.15, 0.2) is 30.3 Å². The van der Waals surface area contributed by atoms with Crippen molar-refractivity contribution in [3.63, 3.8) is 0 Å². The largest absolute Gasteiger partial charge is 0.462 e. The molecule has 0 radical (unpaired) electrons. The van der Waals surface area contributed by atoms with E-state index in [4.69, 9.17) is 4.74 Å². The zero-order valence-electron chi connectivity index (χ0n) is 13.5. The van der Waals surface area contributed by atoms with Crippen LogP contribution in [0.3, 0.4) is 0 Å². The molecule has 1 heterocycles. The van der Waals surface area contributed by atoms with E-state index in [0.29, 0.717) is 5.56 Å². The molecule has 1 aromatic carbocycles. The number of halogens is 2.